The molecule has 0 aliphatic heterocycles. The number of imidazole rings is 1. The highest BCUT2D eigenvalue weighted by molar-refractivity contribution is 7.91. The third kappa shape index (κ3) is 4.83. The summed E-state index contributed by atoms with van der Waals surface area (Å²) in [6.45, 7) is 3.77. The Balaban J connectivity index is 1.62. The van der Waals surface area contributed by atoms with E-state index >= 15 is 0 Å². The molecule has 0 saturated heterocycles. The number of halogens is 4. The number of benzene rings is 3. The molecule has 1 aromatic heterocycles. The van der Waals surface area contributed by atoms with Gasteiger partial charge in [0.1, 0.15) is 5.82 Å². The van der Waals surface area contributed by atoms with Crippen LogP contribution >= 0.6 is 11.6 Å². The molecule has 0 amide bonds. The SMILES string of the molecule is CCc1nc2cc(C(F)(F)F)c(Cl)cc2n1-c1ccc(CCS(=O)(=O)c2ccc(C)cc2)cc1. The highest BCUT2D eigenvalue weighted by Gasteiger charge is 2.34. The minimum atomic E-state index is -4.57. The summed E-state index contributed by atoms with van der Waals surface area (Å²) in [4.78, 5) is 4.67. The number of fused-ring (bicyclic) bond motifs is 1. The molecule has 0 N–H and O–H groups in total. The molecule has 0 saturated carbocycles. The molecular weight excluding hydrogens is 485 g/mol. The van der Waals surface area contributed by atoms with E-state index in [9.17, 15) is 21.6 Å². The van der Waals surface area contributed by atoms with Gasteiger partial charge < -0.3 is 0 Å². The fourth-order valence-electron chi connectivity index (χ4n) is 3.82. The highest BCUT2D eigenvalue weighted by Crippen LogP contribution is 2.37. The maximum absolute atomic E-state index is 13.3. The molecule has 4 aromatic rings. The lowest BCUT2D eigenvalue weighted by Gasteiger charge is -2.12. The van der Waals surface area contributed by atoms with E-state index in [0.29, 0.717) is 34.8 Å². The lowest BCUT2D eigenvalue weighted by Crippen LogP contribution is -2.09. The maximum Gasteiger partial charge on any atom is 0.417 e. The van der Waals surface area contributed by atoms with Gasteiger partial charge >= 0.3 is 6.18 Å². The van der Waals surface area contributed by atoms with Gasteiger partial charge in [-0.25, -0.2) is 13.4 Å². The zero-order valence-corrected chi connectivity index (χ0v) is 20.1. The van der Waals surface area contributed by atoms with Gasteiger partial charge in [-0.15, -0.1) is 0 Å². The number of aryl methyl sites for hydroxylation is 3. The molecule has 3 aromatic carbocycles. The van der Waals surface area contributed by atoms with Gasteiger partial charge in [0.15, 0.2) is 9.84 Å². The average molecular weight is 507 g/mol. The summed E-state index contributed by atoms with van der Waals surface area (Å²) in [6.07, 6.45) is -3.73. The molecule has 1 heterocycles. The zero-order chi connectivity index (χ0) is 24.7. The standard InChI is InChI=1S/C25H22ClF3N2O2S/c1-3-24-30-22-14-20(25(27,28)29)21(26)15-23(22)31(24)18-8-6-17(7-9-18)12-13-34(32,33)19-10-4-16(2)5-11-19/h4-11,14-15H,3,12-13H2,1-2H3. The predicted molar refractivity (Wildman–Crippen MR) is 127 cm³/mol. The molecular formula is C25H22ClF3N2O2S. The van der Waals surface area contributed by atoms with Gasteiger partial charge in [-0.2, -0.15) is 13.2 Å². The fraction of sp³-hybridized carbons (Fsp3) is 0.240. The van der Waals surface area contributed by atoms with Crippen LogP contribution in [-0.2, 0) is 28.9 Å². The first-order valence-corrected chi connectivity index (χ1v) is 12.7. The summed E-state index contributed by atoms with van der Waals surface area (Å²) in [6, 6.07) is 16.3. The van der Waals surface area contributed by atoms with Crippen LogP contribution in [0.1, 0.15) is 29.4 Å². The summed E-state index contributed by atoms with van der Waals surface area (Å²) < 4.78 is 66.8. The Kier molecular flexibility index (Phi) is 6.48. The fourth-order valence-corrected chi connectivity index (χ4v) is 5.37. The largest absolute Gasteiger partial charge is 0.417 e. The zero-order valence-electron chi connectivity index (χ0n) is 18.5. The Morgan fingerprint density at radius 1 is 1.00 bits per heavy atom. The smallest absolute Gasteiger partial charge is 0.296 e. The average Bonchev–Trinajstić information content (AvgIpc) is 3.14. The Morgan fingerprint density at radius 3 is 2.24 bits per heavy atom. The van der Waals surface area contributed by atoms with E-state index in [1.54, 1.807) is 41.0 Å². The maximum atomic E-state index is 13.3. The number of aromatic nitrogens is 2. The Labute approximate surface area is 200 Å². The van der Waals surface area contributed by atoms with Crippen LogP contribution in [0.4, 0.5) is 13.2 Å². The molecule has 0 aliphatic rings. The van der Waals surface area contributed by atoms with Gasteiger partial charge in [-0.05, 0) is 55.3 Å². The van der Waals surface area contributed by atoms with E-state index < -0.39 is 21.6 Å². The lowest BCUT2D eigenvalue weighted by atomic mass is 10.1. The van der Waals surface area contributed by atoms with Crippen molar-refractivity contribution in [3.05, 3.63) is 88.2 Å². The lowest BCUT2D eigenvalue weighted by molar-refractivity contribution is -0.137. The molecule has 9 heteroatoms. The topological polar surface area (TPSA) is 52.0 Å². The van der Waals surface area contributed by atoms with Gasteiger partial charge in [0.2, 0.25) is 0 Å². The second-order valence-corrected chi connectivity index (χ2v) is 10.6. The van der Waals surface area contributed by atoms with Crippen molar-refractivity contribution < 1.29 is 21.6 Å². The molecule has 0 unspecified atom stereocenters. The highest BCUT2D eigenvalue weighted by atomic mass is 35.5. The Bertz CT molecular complexity index is 1440. The normalized spacial score (nSPS) is 12.4. The first kappa shape index (κ1) is 24.3. The summed E-state index contributed by atoms with van der Waals surface area (Å²) in [7, 11) is -3.41. The Hall–Kier alpha value is -2.84. The summed E-state index contributed by atoms with van der Waals surface area (Å²) >= 11 is 5.95. The van der Waals surface area contributed by atoms with Crippen LogP contribution in [0.2, 0.25) is 5.02 Å². The van der Waals surface area contributed by atoms with E-state index in [1.807, 2.05) is 26.0 Å². The second kappa shape index (κ2) is 9.07. The van der Waals surface area contributed by atoms with Crippen LogP contribution < -0.4 is 0 Å². The monoisotopic (exact) mass is 506 g/mol. The van der Waals surface area contributed by atoms with Crippen molar-refractivity contribution in [2.24, 2.45) is 0 Å². The van der Waals surface area contributed by atoms with Crippen molar-refractivity contribution in [3.8, 4) is 5.69 Å². The van der Waals surface area contributed by atoms with E-state index in [-0.39, 0.29) is 16.3 Å². The van der Waals surface area contributed by atoms with Gasteiger partial charge in [0.05, 0.1) is 32.3 Å². The molecule has 4 nitrogen and oxygen atoms in total. The third-order valence-electron chi connectivity index (χ3n) is 5.67. The van der Waals surface area contributed by atoms with Crippen LogP contribution in [-0.4, -0.2) is 23.7 Å². The molecule has 0 spiro atoms. The van der Waals surface area contributed by atoms with Gasteiger partial charge in [-0.3, -0.25) is 4.57 Å². The number of nitrogens with zero attached hydrogens (tertiary/aromatic N) is 2. The van der Waals surface area contributed by atoms with E-state index in [2.05, 4.69) is 4.98 Å². The first-order valence-electron chi connectivity index (χ1n) is 10.7. The first-order chi connectivity index (χ1) is 16.0. The Morgan fingerprint density at radius 2 is 1.65 bits per heavy atom. The summed E-state index contributed by atoms with van der Waals surface area (Å²) in [5.74, 6) is 0.569. The van der Waals surface area contributed by atoms with Crippen LogP contribution in [0.5, 0.6) is 0 Å². The van der Waals surface area contributed by atoms with E-state index in [0.717, 1.165) is 17.2 Å². The van der Waals surface area contributed by atoms with Crippen molar-refractivity contribution in [1.29, 1.82) is 0 Å². The molecule has 0 atom stereocenters. The van der Waals surface area contributed by atoms with Crippen molar-refractivity contribution in [1.82, 2.24) is 9.55 Å². The second-order valence-electron chi connectivity index (χ2n) is 8.08. The van der Waals surface area contributed by atoms with Gasteiger partial charge in [-0.1, -0.05) is 48.4 Å². The predicted octanol–water partition coefficient (Wildman–Crippen LogP) is 6.58. The van der Waals surface area contributed by atoms with Crippen molar-refractivity contribution in [2.75, 3.05) is 5.75 Å². The molecule has 34 heavy (non-hydrogen) atoms. The molecule has 4 rings (SSSR count). The molecule has 0 fully saturated rings. The summed E-state index contributed by atoms with van der Waals surface area (Å²) in [5, 5.41) is -0.387. The minimum absolute atomic E-state index is 0.0283. The van der Waals surface area contributed by atoms with Crippen LogP contribution in [0, 0.1) is 6.92 Å². The van der Waals surface area contributed by atoms with Crippen molar-refractivity contribution in [2.45, 2.75) is 37.8 Å². The van der Waals surface area contributed by atoms with E-state index in [1.165, 1.54) is 6.07 Å². The molecule has 178 valence electrons. The molecule has 0 bridgehead atoms. The van der Waals surface area contributed by atoms with E-state index in [4.69, 9.17) is 11.6 Å². The summed E-state index contributed by atoms with van der Waals surface area (Å²) in [5.41, 5.74) is 2.30. The quantitative estimate of drug-likeness (QED) is 0.296. The number of hydrogen-bond acceptors (Lipinski definition) is 3. The minimum Gasteiger partial charge on any atom is -0.296 e. The number of hydrogen-bond donors (Lipinski definition) is 0. The van der Waals surface area contributed by atoms with Crippen molar-refractivity contribution >= 4 is 32.5 Å². The van der Waals surface area contributed by atoms with Crippen LogP contribution in [0.15, 0.2) is 65.6 Å². The molecule has 0 aliphatic carbocycles. The van der Waals surface area contributed by atoms with Crippen LogP contribution in [0.3, 0.4) is 0 Å². The number of sulfone groups is 1. The van der Waals surface area contributed by atoms with Crippen molar-refractivity contribution in [3.63, 3.8) is 0 Å². The third-order valence-corrected chi connectivity index (χ3v) is 7.71. The van der Waals surface area contributed by atoms with Gasteiger partial charge in [0.25, 0.3) is 0 Å². The van der Waals surface area contributed by atoms with Crippen LogP contribution in [0.25, 0.3) is 16.7 Å². The molecule has 0 radical (unpaired) electrons. The number of rotatable bonds is 6. The number of alkyl halides is 3. The van der Waals surface area contributed by atoms with Gasteiger partial charge in [0, 0.05) is 12.1 Å².